The predicted molar refractivity (Wildman–Crippen MR) is 141 cm³/mol. The second-order valence-electron chi connectivity index (χ2n) is 9.48. The summed E-state index contributed by atoms with van der Waals surface area (Å²) < 4.78 is 42.6. The number of carbonyl (C=O) groups is 2. The fourth-order valence-electron chi connectivity index (χ4n) is 5.28. The van der Waals surface area contributed by atoms with Crippen molar-refractivity contribution in [2.24, 2.45) is 5.92 Å². The fraction of sp³-hybridized carbons (Fsp3) is 0.310. The monoisotopic (exact) mass is 537 g/mol. The van der Waals surface area contributed by atoms with Gasteiger partial charge in [0.2, 0.25) is 0 Å². The van der Waals surface area contributed by atoms with Crippen LogP contribution in [-0.2, 0) is 0 Å². The molecule has 2 aromatic heterocycles. The first-order valence-corrected chi connectivity index (χ1v) is 13.3. The Balaban J connectivity index is 1.45. The number of likely N-dealkylation sites (tertiary alicyclic amines) is 1. The number of amides is 1. The Morgan fingerprint density at radius 3 is 2.58 bits per heavy atom. The van der Waals surface area contributed by atoms with E-state index >= 15 is 0 Å². The van der Waals surface area contributed by atoms with E-state index in [0.717, 1.165) is 10.9 Å². The van der Waals surface area contributed by atoms with Gasteiger partial charge in [-0.1, -0.05) is 48.5 Å². The number of para-hydroxylation sites is 1. The van der Waals surface area contributed by atoms with Crippen molar-refractivity contribution in [1.29, 1.82) is 0 Å². The lowest BCUT2D eigenvalue weighted by Crippen LogP contribution is -2.53. The Bertz CT molecular complexity index is 1460. The Hall–Kier alpha value is -3.59. The second-order valence-corrected chi connectivity index (χ2v) is 10.7. The van der Waals surface area contributed by atoms with Crippen molar-refractivity contribution in [3.05, 3.63) is 83.1 Å². The molecule has 1 amide bonds. The molecule has 5 rings (SSSR count). The van der Waals surface area contributed by atoms with E-state index in [4.69, 9.17) is 0 Å². The van der Waals surface area contributed by atoms with Crippen molar-refractivity contribution in [2.45, 2.75) is 44.8 Å². The summed E-state index contributed by atoms with van der Waals surface area (Å²) in [5.74, 6) is -2.52. The van der Waals surface area contributed by atoms with Crippen LogP contribution in [-0.4, -0.2) is 45.3 Å². The molecule has 38 heavy (non-hydrogen) atoms. The van der Waals surface area contributed by atoms with Crippen LogP contribution in [0.3, 0.4) is 0 Å². The summed E-state index contributed by atoms with van der Waals surface area (Å²) in [6.07, 6.45) is -2.98. The first kappa shape index (κ1) is 26.0. The van der Waals surface area contributed by atoms with Crippen molar-refractivity contribution in [1.82, 2.24) is 14.9 Å². The van der Waals surface area contributed by atoms with Gasteiger partial charge >= 0.3 is 6.18 Å². The number of alkyl halides is 3. The molecule has 4 aromatic rings. The fourth-order valence-corrected chi connectivity index (χ4v) is 6.20. The first-order chi connectivity index (χ1) is 18.2. The highest BCUT2D eigenvalue weighted by molar-refractivity contribution is 7.15. The van der Waals surface area contributed by atoms with Gasteiger partial charge in [-0.15, -0.1) is 11.3 Å². The molecule has 1 aliphatic rings. The lowest BCUT2D eigenvalue weighted by atomic mass is 9.84. The van der Waals surface area contributed by atoms with Crippen LogP contribution < -0.4 is 0 Å². The SMILES string of the molecule is Cc1nc(C(=O)N2CCC[C@@H](C(F)(F)F)[C@H]2CCC(=O)c2cccc3cccnc23)c(-c2ccccc2)s1. The van der Waals surface area contributed by atoms with E-state index in [2.05, 4.69) is 9.97 Å². The number of rotatable bonds is 6. The number of hydrogen-bond donors (Lipinski definition) is 0. The third-order valence-electron chi connectivity index (χ3n) is 7.03. The van der Waals surface area contributed by atoms with Gasteiger partial charge in [-0.25, -0.2) is 4.98 Å². The van der Waals surface area contributed by atoms with Gasteiger partial charge in [0.05, 0.1) is 21.3 Å². The normalized spacial score (nSPS) is 18.1. The van der Waals surface area contributed by atoms with Gasteiger partial charge in [0.1, 0.15) is 5.69 Å². The van der Waals surface area contributed by atoms with Crippen LogP contribution in [0.1, 0.15) is 51.5 Å². The molecule has 1 aliphatic heterocycles. The minimum Gasteiger partial charge on any atom is -0.334 e. The van der Waals surface area contributed by atoms with E-state index in [9.17, 15) is 22.8 Å². The number of thiazole rings is 1. The number of hydrogen-bond acceptors (Lipinski definition) is 5. The van der Waals surface area contributed by atoms with Crippen LogP contribution >= 0.6 is 11.3 Å². The van der Waals surface area contributed by atoms with Crippen LogP contribution in [0.25, 0.3) is 21.3 Å². The molecular formula is C29H26F3N3O2S. The lowest BCUT2D eigenvalue weighted by molar-refractivity contribution is -0.198. The number of carbonyl (C=O) groups excluding carboxylic acids is 2. The van der Waals surface area contributed by atoms with Crippen molar-refractivity contribution in [3.63, 3.8) is 0 Å². The standard InChI is InChI=1S/C29H26F3N3O2S/c1-18-34-26(27(38-18)20-8-3-2-4-9-20)28(37)35-17-7-13-22(29(30,31)32)23(35)14-15-24(36)21-12-5-10-19-11-6-16-33-25(19)21/h2-6,8-12,16,22-23H,7,13-15,17H2,1H3/t22-,23-/m1/s1. The van der Waals surface area contributed by atoms with E-state index in [-0.39, 0.29) is 43.7 Å². The summed E-state index contributed by atoms with van der Waals surface area (Å²) in [4.78, 5) is 37.7. The molecule has 196 valence electrons. The molecule has 1 saturated heterocycles. The average Bonchev–Trinajstić information content (AvgIpc) is 3.32. The number of piperidine rings is 1. The molecule has 0 aliphatic carbocycles. The van der Waals surface area contributed by atoms with Crippen molar-refractivity contribution < 1.29 is 22.8 Å². The molecule has 2 aromatic carbocycles. The quantitative estimate of drug-likeness (QED) is 0.246. The molecule has 0 spiro atoms. The number of pyridine rings is 1. The van der Waals surface area contributed by atoms with E-state index < -0.39 is 24.0 Å². The summed E-state index contributed by atoms with van der Waals surface area (Å²) in [7, 11) is 0. The van der Waals surface area contributed by atoms with Gasteiger partial charge in [-0.2, -0.15) is 13.2 Å². The third kappa shape index (κ3) is 5.20. The number of fused-ring (bicyclic) bond motifs is 1. The number of aromatic nitrogens is 2. The van der Waals surface area contributed by atoms with E-state index in [1.54, 1.807) is 31.3 Å². The molecule has 1 fully saturated rings. The maximum Gasteiger partial charge on any atom is 0.393 e. The predicted octanol–water partition coefficient (Wildman–Crippen LogP) is 7.11. The van der Waals surface area contributed by atoms with Crippen molar-refractivity contribution >= 4 is 33.9 Å². The van der Waals surface area contributed by atoms with E-state index in [1.807, 2.05) is 42.5 Å². The molecule has 0 N–H and O–H groups in total. The molecule has 3 heterocycles. The number of Topliss-reactive ketones (excluding diaryl/α,β-unsaturated/α-hetero) is 1. The Kier molecular flexibility index (Phi) is 7.29. The molecule has 0 unspecified atom stereocenters. The largest absolute Gasteiger partial charge is 0.393 e. The smallest absolute Gasteiger partial charge is 0.334 e. The molecule has 0 bridgehead atoms. The number of aryl methyl sites for hydroxylation is 1. The van der Waals surface area contributed by atoms with E-state index in [0.29, 0.717) is 21.0 Å². The highest BCUT2D eigenvalue weighted by Gasteiger charge is 2.49. The summed E-state index contributed by atoms with van der Waals surface area (Å²) >= 11 is 1.34. The van der Waals surface area contributed by atoms with Gasteiger partial charge in [0.25, 0.3) is 5.91 Å². The lowest BCUT2D eigenvalue weighted by Gasteiger charge is -2.42. The van der Waals surface area contributed by atoms with Crippen molar-refractivity contribution in [2.75, 3.05) is 6.54 Å². The highest BCUT2D eigenvalue weighted by Crippen LogP contribution is 2.41. The Morgan fingerprint density at radius 1 is 1.05 bits per heavy atom. The van der Waals surface area contributed by atoms with Gasteiger partial charge in [-0.05, 0) is 43.9 Å². The zero-order chi connectivity index (χ0) is 26.9. The summed E-state index contributed by atoms with van der Waals surface area (Å²) in [6, 6.07) is 16.9. The van der Waals surface area contributed by atoms with Crippen LogP contribution in [0.4, 0.5) is 13.2 Å². The molecule has 0 radical (unpaired) electrons. The third-order valence-corrected chi connectivity index (χ3v) is 8.05. The summed E-state index contributed by atoms with van der Waals surface area (Å²) in [5, 5.41) is 1.44. The van der Waals surface area contributed by atoms with Gasteiger partial charge in [0, 0.05) is 36.2 Å². The topological polar surface area (TPSA) is 63.2 Å². The Labute approximate surface area is 222 Å². The first-order valence-electron chi connectivity index (χ1n) is 12.5. The Morgan fingerprint density at radius 2 is 1.82 bits per heavy atom. The van der Waals surface area contributed by atoms with Crippen LogP contribution in [0, 0.1) is 12.8 Å². The van der Waals surface area contributed by atoms with Gasteiger partial charge in [-0.3, -0.25) is 14.6 Å². The number of ketones is 1. The molecule has 5 nitrogen and oxygen atoms in total. The number of nitrogens with zero attached hydrogens (tertiary/aromatic N) is 3. The van der Waals surface area contributed by atoms with Crippen LogP contribution in [0.2, 0.25) is 0 Å². The minimum atomic E-state index is -4.49. The summed E-state index contributed by atoms with van der Waals surface area (Å²) in [6.45, 7) is 1.96. The molecule has 2 atom stereocenters. The molecule has 0 saturated carbocycles. The zero-order valence-corrected chi connectivity index (χ0v) is 21.6. The summed E-state index contributed by atoms with van der Waals surface area (Å²) in [5.41, 5.74) is 1.85. The maximum atomic E-state index is 14.2. The van der Waals surface area contributed by atoms with Gasteiger partial charge in [0.15, 0.2) is 5.78 Å². The minimum absolute atomic E-state index is 0.0798. The number of halogens is 3. The van der Waals surface area contributed by atoms with E-state index in [1.165, 1.54) is 16.2 Å². The molecule has 9 heteroatoms. The van der Waals surface area contributed by atoms with Gasteiger partial charge < -0.3 is 4.90 Å². The second kappa shape index (κ2) is 10.6. The zero-order valence-electron chi connectivity index (χ0n) is 20.7. The molecular weight excluding hydrogens is 511 g/mol. The maximum absolute atomic E-state index is 14.2. The average molecular weight is 538 g/mol. The number of benzene rings is 2. The van der Waals surface area contributed by atoms with Crippen LogP contribution in [0.5, 0.6) is 0 Å². The highest BCUT2D eigenvalue weighted by atomic mass is 32.1. The van der Waals surface area contributed by atoms with Crippen LogP contribution in [0.15, 0.2) is 66.9 Å². The van der Waals surface area contributed by atoms with Crippen molar-refractivity contribution in [3.8, 4) is 10.4 Å².